The van der Waals surface area contributed by atoms with Gasteiger partial charge in [-0.15, -0.1) is 0 Å². The van der Waals surface area contributed by atoms with Gasteiger partial charge in [0.1, 0.15) is 5.69 Å². The Labute approximate surface area is 103 Å². The SMILES string of the molecule is Cc1cc(C(=O)NCCOCCBr)n(C)n1. The number of hydrogen-bond donors (Lipinski definition) is 1. The van der Waals surface area contributed by atoms with E-state index in [1.807, 2.05) is 6.92 Å². The van der Waals surface area contributed by atoms with Crippen molar-refractivity contribution in [3.63, 3.8) is 0 Å². The van der Waals surface area contributed by atoms with Crippen LogP contribution in [0.3, 0.4) is 0 Å². The fraction of sp³-hybridized carbons (Fsp3) is 0.600. The molecule has 1 N–H and O–H groups in total. The number of nitrogens with zero attached hydrogens (tertiary/aromatic N) is 2. The van der Waals surface area contributed by atoms with Crippen LogP contribution >= 0.6 is 15.9 Å². The molecular formula is C10H16BrN3O2. The van der Waals surface area contributed by atoms with Crippen molar-refractivity contribution in [1.82, 2.24) is 15.1 Å². The van der Waals surface area contributed by atoms with E-state index in [4.69, 9.17) is 4.74 Å². The Hall–Kier alpha value is -0.880. The van der Waals surface area contributed by atoms with Gasteiger partial charge in [0.15, 0.2) is 0 Å². The van der Waals surface area contributed by atoms with Crippen LogP contribution in [0.1, 0.15) is 16.2 Å². The molecule has 1 aromatic heterocycles. The topological polar surface area (TPSA) is 56.1 Å². The Morgan fingerprint density at radius 2 is 2.38 bits per heavy atom. The Balaban J connectivity index is 2.33. The molecule has 0 aliphatic rings. The van der Waals surface area contributed by atoms with E-state index in [0.717, 1.165) is 11.0 Å². The summed E-state index contributed by atoms with van der Waals surface area (Å²) in [4.78, 5) is 11.7. The van der Waals surface area contributed by atoms with Gasteiger partial charge in [-0.1, -0.05) is 15.9 Å². The Morgan fingerprint density at radius 1 is 1.62 bits per heavy atom. The summed E-state index contributed by atoms with van der Waals surface area (Å²) >= 11 is 3.26. The molecule has 0 bridgehead atoms. The summed E-state index contributed by atoms with van der Waals surface area (Å²) in [5, 5.41) is 7.69. The lowest BCUT2D eigenvalue weighted by Crippen LogP contribution is -2.29. The molecular weight excluding hydrogens is 274 g/mol. The van der Waals surface area contributed by atoms with E-state index in [0.29, 0.717) is 25.5 Å². The maximum absolute atomic E-state index is 11.7. The number of alkyl halides is 1. The molecule has 1 amide bonds. The monoisotopic (exact) mass is 289 g/mol. The van der Waals surface area contributed by atoms with Crippen molar-refractivity contribution in [3.05, 3.63) is 17.5 Å². The van der Waals surface area contributed by atoms with E-state index in [-0.39, 0.29) is 5.91 Å². The molecule has 0 unspecified atom stereocenters. The van der Waals surface area contributed by atoms with Crippen molar-refractivity contribution in [3.8, 4) is 0 Å². The highest BCUT2D eigenvalue weighted by Crippen LogP contribution is 2.00. The number of carbonyl (C=O) groups is 1. The van der Waals surface area contributed by atoms with Gasteiger partial charge in [0.25, 0.3) is 5.91 Å². The molecule has 0 fully saturated rings. The van der Waals surface area contributed by atoms with Crippen molar-refractivity contribution in [1.29, 1.82) is 0 Å². The van der Waals surface area contributed by atoms with Gasteiger partial charge in [0, 0.05) is 18.9 Å². The average Bonchev–Trinajstić information content (AvgIpc) is 2.57. The first-order valence-corrected chi connectivity index (χ1v) is 6.20. The molecule has 1 rings (SSSR count). The van der Waals surface area contributed by atoms with Crippen LogP contribution in [0.25, 0.3) is 0 Å². The number of aryl methyl sites for hydroxylation is 2. The van der Waals surface area contributed by atoms with Crippen molar-refractivity contribution < 1.29 is 9.53 Å². The third kappa shape index (κ3) is 3.94. The quantitative estimate of drug-likeness (QED) is 0.625. The standard InChI is InChI=1S/C10H16BrN3O2/c1-8-7-9(14(2)13-8)10(15)12-4-6-16-5-3-11/h7H,3-6H2,1-2H3,(H,12,15). The fourth-order valence-electron chi connectivity index (χ4n) is 1.31. The lowest BCUT2D eigenvalue weighted by Gasteiger charge is -2.05. The number of amides is 1. The van der Waals surface area contributed by atoms with Crippen LogP contribution in [0.5, 0.6) is 0 Å². The first kappa shape index (κ1) is 13.2. The Morgan fingerprint density at radius 3 is 2.94 bits per heavy atom. The molecule has 0 aliphatic heterocycles. The summed E-state index contributed by atoms with van der Waals surface area (Å²) in [5.74, 6) is -0.120. The van der Waals surface area contributed by atoms with Crippen molar-refractivity contribution in [2.24, 2.45) is 7.05 Å². The second-order valence-electron chi connectivity index (χ2n) is 3.35. The largest absolute Gasteiger partial charge is 0.379 e. The smallest absolute Gasteiger partial charge is 0.269 e. The van der Waals surface area contributed by atoms with E-state index >= 15 is 0 Å². The third-order valence-electron chi connectivity index (χ3n) is 1.99. The number of aromatic nitrogens is 2. The van der Waals surface area contributed by atoms with E-state index < -0.39 is 0 Å². The van der Waals surface area contributed by atoms with Gasteiger partial charge in [-0.05, 0) is 13.0 Å². The summed E-state index contributed by atoms with van der Waals surface area (Å²) < 4.78 is 6.79. The molecule has 0 aromatic carbocycles. The van der Waals surface area contributed by atoms with Crippen LogP contribution < -0.4 is 5.32 Å². The second kappa shape index (κ2) is 6.65. The highest BCUT2D eigenvalue weighted by Gasteiger charge is 2.10. The summed E-state index contributed by atoms with van der Waals surface area (Å²) in [6.45, 7) is 3.54. The molecule has 5 nitrogen and oxygen atoms in total. The third-order valence-corrected chi connectivity index (χ3v) is 2.31. The maximum atomic E-state index is 11.7. The fourth-order valence-corrected chi connectivity index (χ4v) is 1.54. The molecule has 6 heteroatoms. The van der Waals surface area contributed by atoms with Gasteiger partial charge in [0.2, 0.25) is 0 Å². The lowest BCUT2D eigenvalue weighted by molar-refractivity contribution is 0.0915. The van der Waals surface area contributed by atoms with Crippen molar-refractivity contribution in [2.75, 3.05) is 25.1 Å². The second-order valence-corrected chi connectivity index (χ2v) is 4.14. The average molecular weight is 290 g/mol. The zero-order chi connectivity index (χ0) is 12.0. The number of rotatable bonds is 6. The normalized spacial score (nSPS) is 10.4. The molecule has 0 saturated carbocycles. The molecule has 0 saturated heterocycles. The molecule has 0 aliphatic carbocycles. The number of hydrogen-bond acceptors (Lipinski definition) is 3. The minimum atomic E-state index is -0.120. The number of nitrogens with one attached hydrogen (secondary N) is 1. The molecule has 1 aromatic rings. The number of carbonyl (C=O) groups excluding carboxylic acids is 1. The van der Waals surface area contributed by atoms with Crippen LogP contribution in [0.2, 0.25) is 0 Å². The van der Waals surface area contributed by atoms with E-state index in [2.05, 4.69) is 26.3 Å². The van der Waals surface area contributed by atoms with Gasteiger partial charge >= 0.3 is 0 Å². The Kier molecular flexibility index (Phi) is 5.48. The van der Waals surface area contributed by atoms with Gasteiger partial charge in [-0.25, -0.2) is 0 Å². The molecule has 0 spiro atoms. The first-order chi connectivity index (χ1) is 7.65. The lowest BCUT2D eigenvalue weighted by atomic mass is 10.3. The number of halogens is 1. The maximum Gasteiger partial charge on any atom is 0.269 e. The summed E-state index contributed by atoms with van der Waals surface area (Å²) in [6.07, 6.45) is 0. The van der Waals surface area contributed by atoms with Crippen LogP contribution in [0.15, 0.2) is 6.07 Å². The van der Waals surface area contributed by atoms with Crippen molar-refractivity contribution >= 4 is 21.8 Å². The highest BCUT2D eigenvalue weighted by atomic mass is 79.9. The molecule has 1 heterocycles. The van der Waals surface area contributed by atoms with Crippen molar-refractivity contribution in [2.45, 2.75) is 6.92 Å². The summed E-state index contributed by atoms with van der Waals surface area (Å²) in [7, 11) is 1.75. The van der Waals surface area contributed by atoms with Gasteiger partial charge in [-0.3, -0.25) is 9.48 Å². The molecule has 90 valence electrons. The van der Waals surface area contributed by atoms with Gasteiger partial charge < -0.3 is 10.1 Å². The first-order valence-electron chi connectivity index (χ1n) is 5.07. The van der Waals surface area contributed by atoms with Crippen LogP contribution in [-0.2, 0) is 11.8 Å². The van der Waals surface area contributed by atoms with E-state index in [9.17, 15) is 4.79 Å². The van der Waals surface area contributed by atoms with Crippen LogP contribution in [-0.4, -0.2) is 40.8 Å². The van der Waals surface area contributed by atoms with E-state index in [1.54, 1.807) is 17.8 Å². The zero-order valence-electron chi connectivity index (χ0n) is 9.49. The highest BCUT2D eigenvalue weighted by molar-refractivity contribution is 9.09. The predicted molar refractivity (Wildman–Crippen MR) is 64.9 cm³/mol. The van der Waals surface area contributed by atoms with Gasteiger partial charge in [0.05, 0.1) is 18.9 Å². The van der Waals surface area contributed by atoms with Gasteiger partial charge in [-0.2, -0.15) is 5.10 Å². The minimum Gasteiger partial charge on any atom is -0.379 e. The minimum absolute atomic E-state index is 0.120. The molecule has 16 heavy (non-hydrogen) atoms. The van der Waals surface area contributed by atoms with E-state index in [1.165, 1.54) is 0 Å². The molecule has 0 radical (unpaired) electrons. The number of ether oxygens (including phenoxy) is 1. The Bertz CT molecular complexity index is 352. The molecule has 0 atom stereocenters. The summed E-state index contributed by atoms with van der Waals surface area (Å²) in [6, 6.07) is 1.76. The zero-order valence-corrected chi connectivity index (χ0v) is 11.1. The predicted octanol–water partition coefficient (Wildman–Crippen LogP) is 0.870. The van der Waals surface area contributed by atoms with Crippen LogP contribution in [0, 0.1) is 6.92 Å². The summed E-state index contributed by atoms with van der Waals surface area (Å²) in [5.41, 5.74) is 1.40. The van der Waals surface area contributed by atoms with Crippen LogP contribution in [0.4, 0.5) is 0 Å².